The molecule has 0 fully saturated rings. The first-order valence-electron chi connectivity index (χ1n) is 6.52. The van der Waals surface area contributed by atoms with Gasteiger partial charge in [-0.05, 0) is 46.2 Å². The van der Waals surface area contributed by atoms with E-state index in [-0.39, 0.29) is 6.42 Å². The van der Waals surface area contributed by atoms with E-state index >= 15 is 0 Å². The molecule has 114 valence electrons. The molecule has 0 unspecified atom stereocenters. The van der Waals surface area contributed by atoms with Crippen molar-refractivity contribution in [2.45, 2.75) is 12.5 Å². The van der Waals surface area contributed by atoms with Gasteiger partial charge in [-0.15, -0.1) is 0 Å². The van der Waals surface area contributed by atoms with E-state index in [0.717, 1.165) is 5.56 Å². The van der Waals surface area contributed by atoms with Crippen LogP contribution in [0.1, 0.15) is 23.6 Å². The third-order valence-electron chi connectivity index (χ3n) is 2.94. The van der Waals surface area contributed by atoms with Crippen molar-refractivity contribution in [1.29, 1.82) is 0 Å². The number of carboxylic acid groups (broad SMARTS) is 1. The zero-order valence-electron chi connectivity index (χ0n) is 11.5. The molecule has 4 nitrogen and oxygen atoms in total. The van der Waals surface area contributed by atoms with E-state index in [0.29, 0.717) is 5.56 Å². The van der Waals surface area contributed by atoms with Gasteiger partial charge in [-0.3, -0.25) is 9.59 Å². The quantitative estimate of drug-likeness (QED) is 0.803. The molecule has 0 aliphatic carbocycles. The molecule has 22 heavy (non-hydrogen) atoms. The van der Waals surface area contributed by atoms with Gasteiger partial charge in [-0.2, -0.15) is 11.3 Å². The molecule has 0 aliphatic heterocycles. The zero-order chi connectivity index (χ0) is 15.9. The summed E-state index contributed by atoms with van der Waals surface area (Å²) in [7, 11) is 0. The Balaban J connectivity index is 2.07. The molecule has 0 radical (unpaired) electrons. The minimum atomic E-state index is -1.04. The van der Waals surface area contributed by atoms with Crippen LogP contribution in [-0.4, -0.2) is 17.0 Å². The maximum absolute atomic E-state index is 12.9. The Labute approximate surface area is 130 Å². The van der Waals surface area contributed by atoms with E-state index in [1.807, 2.05) is 16.8 Å². The first-order valence-corrected chi connectivity index (χ1v) is 7.47. The van der Waals surface area contributed by atoms with Gasteiger partial charge in [0.1, 0.15) is 5.82 Å². The summed E-state index contributed by atoms with van der Waals surface area (Å²) in [5.74, 6) is -1.86. The topological polar surface area (TPSA) is 66.4 Å². The van der Waals surface area contributed by atoms with Gasteiger partial charge in [0.05, 0.1) is 12.5 Å². The summed E-state index contributed by atoms with van der Waals surface area (Å²) in [6.45, 7) is 0. The first-order chi connectivity index (χ1) is 10.5. The van der Waals surface area contributed by atoms with Crippen LogP contribution >= 0.6 is 11.3 Å². The summed E-state index contributed by atoms with van der Waals surface area (Å²) in [5, 5.41) is 15.4. The third kappa shape index (κ3) is 4.82. The fourth-order valence-corrected chi connectivity index (χ4v) is 2.51. The fourth-order valence-electron chi connectivity index (χ4n) is 1.88. The molecule has 6 heteroatoms. The van der Waals surface area contributed by atoms with E-state index in [2.05, 4.69) is 5.32 Å². The van der Waals surface area contributed by atoms with Crippen molar-refractivity contribution >= 4 is 29.3 Å². The number of nitrogens with one attached hydrogen (secondary N) is 1. The number of benzene rings is 1. The number of rotatable bonds is 6. The molecule has 0 spiro atoms. The van der Waals surface area contributed by atoms with Crippen molar-refractivity contribution < 1.29 is 19.1 Å². The summed E-state index contributed by atoms with van der Waals surface area (Å²) >= 11 is 1.52. The van der Waals surface area contributed by atoms with Gasteiger partial charge in [-0.25, -0.2) is 4.39 Å². The highest BCUT2D eigenvalue weighted by Gasteiger charge is 2.17. The highest BCUT2D eigenvalue weighted by molar-refractivity contribution is 7.08. The van der Waals surface area contributed by atoms with Gasteiger partial charge in [-0.1, -0.05) is 12.1 Å². The second kappa shape index (κ2) is 7.51. The number of carboxylic acids is 1. The number of carbonyl (C=O) groups is 2. The zero-order valence-corrected chi connectivity index (χ0v) is 12.3. The molecule has 0 saturated carbocycles. The lowest BCUT2D eigenvalue weighted by Crippen LogP contribution is -2.28. The lowest BCUT2D eigenvalue weighted by Gasteiger charge is -2.16. The van der Waals surface area contributed by atoms with Gasteiger partial charge < -0.3 is 10.4 Å². The number of thiophene rings is 1. The summed E-state index contributed by atoms with van der Waals surface area (Å²) < 4.78 is 12.9. The number of hydrogen-bond donors (Lipinski definition) is 2. The molecular weight excluding hydrogens is 305 g/mol. The second-order valence-corrected chi connectivity index (χ2v) is 5.38. The minimum Gasteiger partial charge on any atom is -0.481 e. The molecular formula is C16H14FNO3S. The van der Waals surface area contributed by atoms with Crippen molar-refractivity contribution in [2.24, 2.45) is 0 Å². The smallest absolute Gasteiger partial charge is 0.305 e. The molecule has 0 aliphatic rings. The minimum absolute atomic E-state index is 0.274. The van der Waals surface area contributed by atoms with E-state index < -0.39 is 23.7 Å². The van der Waals surface area contributed by atoms with E-state index in [1.54, 1.807) is 6.08 Å². The van der Waals surface area contributed by atoms with Gasteiger partial charge in [0, 0.05) is 6.08 Å². The molecule has 1 amide bonds. The number of aliphatic carboxylic acids is 1. The largest absolute Gasteiger partial charge is 0.481 e. The molecule has 1 heterocycles. The Morgan fingerprint density at radius 2 is 2.00 bits per heavy atom. The summed E-state index contributed by atoms with van der Waals surface area (Å²) in [6.07, 6.45) is 2.72. The van der Waals surface area contributed by atoms with Crippen LogP contribution in [0, 0.1) is 5.82 Å². The Bertz CT molecular complexity index is 665. The lowest BCUT2D eigenvalue weighted by molar-refractivity contribution is -0.137. The Hall–Kier alpha value is -2.47. The predicted octanol–water partition coefficient (Wildman–Crippen LogP) is 3.23. The van der Waals surface area contributed by atoms with Crippen molar-refractivity contribution in [3.8, 4) is 0 Å². The van der Waals surface area contributed by atoms with Crippen LogP contribution in [-0.2, 0) is 9.59 Å². The Morgan fingerprint density at radius 1 is 1.27 bits per heavy atom. The van der Waals surface area contributed by atoms with Crippen LogP contribution < -0.4 is 5.32 Å². The summed E-state index contributed by atoms with van der Waals surface area (Å²) in [4.78, 5) is 22.8. The summed E-state index contributed by atoms with van der Waals surface area (Å²) in [6, 6.07) is 6.55. The number of halogens is 1. The SMILES string of the molecule is O=C(O)C[C@H](NC(=O)/C=C/c1ccsc1)c1ccc(F)cc1. The van der Waals surface area contributed by atoms with Gasteiger partial charge >= 0.3 is 5.97 Å². The maximum atomic E-state index is 12.9. The molecule has 2 aromatic rings. The average Bonchev–Trinajstić information content (AvgIpc) is 2.98. The van der Waals surface area contributed by atoms with Crippen LogP contribution in [0.4, 0.5) is 4.39 Å². The monoisotopic (exact) mass is 319 g/mol. The van der Waals surface area contributed by atoms with Gasteiger partial charge in [0.15, 0.2) is 0 Å². The number of carbonyl (C=O) groups excluding carboxylic acids is 1. The molecule has 2 N–H and O–H groups in total. The molecule has 2 rings (SSSR count). The van der Waals surface area contributed by atoms with Crippen LogP contribution in [0.5, 0.6) is 0 Å². The second-order valence-electron chi connectivity index (χ2n) is 4.60. The first kappa shape index (κ1) is 15.9. The highest BCUT2D eigenvalue weighted by Crippen LogP contribution is 2.17. The van der Waals surface area contributed by atoms with E-state index in [4.69, 9.17) is 5.11 Å². The molecule has 1 atom stereocenters. The summed E-state index contributed by atoms with van der Waals surface area (Å²) in [5.41, 5.74) is 1.44. The van der Waals surface area contributed by atoms with Crippen LogP contribution in [0.3, 0.4) is 0 Å². The molecule has 1 aromatic heterocycles. The average molecular weight is 319 g/mol. The lowest BCUT2D eigenvalue weighted by atomic mass is 10.0. The molecule has 0 bridgehead atoms. The Kier molecular flexibility index (Phi) is 5.43. The normalized spacial score (nSPS) is 12.2. The fraction of sp³-hybridized carbons (Fsp3) is 0.125. The number of amides is 1. The van der Waals surface area contributed by atoms with Crippen LogP contribution in [0.15, 0.2) is 47.2 Å². The van der Waals surface area contributed by atoms with Crippen molar-refractivity contribution in [3.05, 3.63) is 64.1 Å². The van der Waals surface area contributed by atoms with E-state index in [9.17, 15) is 14.0 Å². The number of hydrogen-bond acceptors (Lipinski definition) is 3. The van der Waals surface area contributed by atoms with Gasteiger partial charge in [0.25, 0.3) is 0 Å². The van der Waals surface area contributed by atoms with Crippen molar-refractivity contribution in [3.63, 3.8) is 0 Å². The molecule has 0 saturated heterocycles. The maximum Gasteiger partial charge on any atom is 0.305 e. The third-order valence-corrected chi connectivity index (χ3v) is 3.64. The van der Waals surface area contributed by atoms with E-state index in [1.165, 1.54) is 41.7 Å². The predicted molar refractivity (Wildman–Crippen MR) is 82.9 cm³/mol. The van der Waals surface area contributed by atoms with Gasteiger partial charge in [0.2, 0.25) is 5.91 Å². The highest BCUT2D eigenvalue weighted by atomic mass is 32.1. The van der Waals surface area contributed by atoms with Crippen molar-refractivity contribution in [1.82, 2.24) is 5.32 Å². The van der Waals surface area contributed by atoms with Crippen molar-refractivity contribution in [2.75, 3.05) is 0 Å². The molecule has 1 aromatic carbocycles. The Morgan fingerprint density at radius 3 is 2.59 bits per heavy atom. The van der Waals surface area contributed by atoms with Crippen LogP contribution in [0.25, 0.3) is 6.08 Å². The van der Waals surface area contributed by atoms with Crippen LogP contribution in [0.2, 0.25) is 0 Å². The standard InChI is InChI=1S/C16H14FNO3S/c17-13-4-2-12(3-5-13)14(9-16(20)21)18-15(19)6-1-11-7-8-22-10-11/h1-8,10,14H,9H2,(H,18,19)(H,20,21)/b6-1+/t14-/m0/s1.